The fraction of sp³-hybridized carbons (Fsp3) is 0.429. The Morgan fingerprint density at radius 2 is 1.93 bits per heavy atom. The first-order valence-electron chi connectivity index (χ1n) is 9.19. The first kappa shape index (κ1) is 18.4. The van der Waals surface area contributed by atoms with Gasteiger partial charge in [0.15, 0.2) is 5.70 Å². The van der Waals surface area contributed by atoms with Crippen molar-refractivity contribution in [3.8, 4) is 0 Å². The molecule has 1 spiro atoms. The minimum Gasteiger partial charge on any atom is -0.466 e. The molecule has 146 valence electrons. The number of carbonyl (C=O) groups excluding carboxylic acids is 3. The predicted octanol–water partition coefficient (Wildman–Crippen LogP) is 1.86. The van der Waals surface area contributed by atoms with Gasteiger partial charge in [-0.2, -0.15) is 0 Å². The normalized spacial score (nSPS) is 25.6. The van der Waals surface area contributed by atoms with Crippen molar-refractivity contribution in [3.05, 3.63) is 40.6 Å². The second-order valence-electron chi connectivity index (χ2n) is 7.52. The van der Waals surface area contributed by atoms with E-state index in [-0.39, 0.29) is 23.5 Å². The molecule has 3 aliphatic rings. The summed E-state index contributed by atoms with van der Waals surface area (Å²) < 4.78 is 9.91. The molecular formula is C21H22N2O5. The summed E-state index contributed by atoms with van der Waals surface area (Å²) in [6, 6.07) is 5.64. The van der Waals surface area contributed by atoms with E-state index < -0.39 is 23.4 Å². The van der Waals surface area contributed by atoms with Gasteiger partial charge in [0.1, 0.15) is 5.78 Å². The van der Waals surface area contributed by atoms with Gasteiger partial charge in [-0.25, -0.2) is 14.6 Å². The van der Waals surface area contributed by atoms with Crippen LogP contribution in [0.1, 0.15) is 30.4 Å². The van der Waals surface area contributed by atoms with Crippen LogP contribution in [0.25, 0.3) is 0 Å². The number of benzene rings is 1. The van der Waals surface area contributed by atoms with Crippen molar-refractivity contribution in [2.45, 2.75) is 37.6 Å². The zero-order valence-electron chi connectivity index (χ0n) is 16.4. The van der Waals surface area contributed by atoms with Gasteiger partial charge in [0.25, 0.3) is 0 Å². The number of fused-ring (bicyclic) bond motifs is 1. The Hall–Kier alpha value is -2.96. The Balaban J connectivity index is 2.06. The fourth-order valence-corrected chi connectivity index (χ4v) is 4.90. The summed E-state index contributed by atoms with van der Waals surface area (Å²) in [5.74, 6) is -1.24. The van der Waals surface area contributed by atoms with Gasteiger partial charge in [0.2, 0.25) is 0 Å². The number of methoxy groups -OCH3 is 2. The number of ether oxygens (including phenoxy) is 2. The molecule has 2 aliphatic heterocycles. The number of anilines is 1. The lowest BCUT2D eigenvalue weighted by atomic mass is 9.61. The number of carbonyl (C=O) groups is 3. The molecule has 28 heavy (non-hydrogen) atoms. The second kappa shape index (κ2) is 6.29. The van der Waals surface area contributed by atoms with Crippen LogP contribution in [0.4, 0.5) is 5.69 Å². The maximum Gasteiger partial charge on any atom is 0.357 e. The van der Waals surface area contributed by atoms with Crippen molar-refractivity contribution < 1.29 is 23.9 Å². The molecule has 1 saturated carbocycles. The topological polar surface area (TPSA) is 85.3 Å². The molecule has 0 bridgehead atoms. The number of esters is 2. The lowest BCUT2D eigenvalue weighted by Crippen LogP contribution is -2.56. The van der Waals surface area contributed by atoms with Crippen LogP contribution in [-0.4, -0.2) is 50.7 Å². The molecule has 7 heteroatoms. The second-order valence-corrected chi connectivity index (χ2v) is 7.52. The summed E-state index contributed by atoms with van der Waals surface area (Å²) in [7, 11) is 4.42. The molecule has 2 heterocycles. The van der Waals surface area contributed by atoms with Crippen LogP contribution in [-0.2, 0) is 29.3 Å². The molecule has 0 N–H and O–H groups in total. The molecule has 4 rings (SSSR count). The highest BCUT2D eigenvalue weighted by Crippen LogP contribution is 2.55. The number of ketones is 1. The average Bonchev–Trinajstić information content (AvgIpc) is 2.93. The first-order valence-corrected chi connectivity index (χ1v) is 9.19. The molecule has 1 aliphatic carbocycles. The Labute approximate surface area is 163 Å². The number of hydrogen-bond donors (Lipinski definition) is 0. The van der Waals surface area contributed by atoms with E-state index in [0.29, 0.717) is 18.6 Å². The van der Waals surface area contributed by atoms with E-state index in [0.717, 1.165) is 16.8 Å². The standard InChI is InChI=1S/C21H22N2O5/c1-11-5-6-14-13(9-11)21-8-7-12(24)10-15(21)22-17(20(26)28-4)16(19(25)27-3)18(21)23(14)2/h5-6,9,18H,7-8,10H2,1-4H3/t18?,21-/m1/s1. The summed E-state index contributed by atoms with van der Waals surface area (Å²) in [5.41, 5.74) is 3.19. The van der Waals surface area contributed by atoms with Crippen molar-refractivity contribution in [1.29, 1.82) is 0 Å². The van der Waals surface area contributed by atoms with E-state index in [1.807, 2.05) is 31.0 Å². The third-order valence-electron chi connectivity index (χ3n) is 6.10. The van der Waals surface area contributed by atoms with E-state index in [1.165, 1.54) is 14.2 Å². The van der Waals surface area contributed by atoms with E-state index >= 15 is 0 Å². The molecule has 2 atom stereocenters. The third-order valence-corrected chi connectivity index (χ3v) is 6.10. The van der Waals surface area contributed by atoms with E-state index in [4.69, 9.17) is 9.47 Å². The van der Waals surface area contributed by atoms with Crippen LogP contribution < -0.4 is 4.90 Å². The third kappa shape index (κ3) is 2.28. The van der Waals surface area contributed by atoms with Crippen molar-refractivity contribution in [2.75, 3.05) is 26.2 Å². The summed E-state index contributed by atoms with van der Waals surface area (Å²) >= 11 is 0. The average molecular weight is 382 g/mol. The summed E-state index contributed by atoms with van der Waals surface area (Å²) in [6.45, 7) is 2.01. The monoisotopic (exact) mass is 382 g/mol. The van der Waals surface area contributed by atoms with Crippen LogP contribution in [0.2, 0.25) is 0 Å². The summed E-state index contributed by atoms with van der Waals surface area (Å²) in [4.78, 5) is 44.1. The predicted molar refractivity (Wildman–Crippen MR) is 102 cm³/mol. The highest BCUT2D eigenvalue weighted by atomic mass is 16.5. The highest BCUT2D eigenvalue weighted by molar-refractivity contribution is 6.17. The van der Waals surface area contributed by atoms with Crippen molar-refractivity contribution in [1.82, 2.24) is 0 Å². The van der Waals surface area contributed by atoms with Crippen LogP contribution in [0.5, 0.6) is 0 Å². The number of aliphatic imine (C=N–C) groups is 1. The zero-order valence-corrected chi connectivity index (χ0v) is 16.4. The van der Waals surface area contributed by atoms with Crippen LogP contribution >= 0.6 is 0 Å². The molecular weight excluding hydrogens is 360 g/mol. The number of hydrogen-bond acceptors (Lipinski definition) is 7. The van der Waals surface area contributed by atoms with Crippen LogP contribution in [0, 0.1) is 6.92 Å². The van der Waals surface area contributed by atoms with Crippen molar-refractivity contribution in [2.24, 2.45) is 4.99 Å². The molecule has 1 aromatic rings. The SMILES string of the molecule is COC(=O)C1=C(C(=O)OC)C2N(C)c3ccc(C)cc3[C@@]23CCC(=O)CC3=N1. The van der Waals surface area contributed by atoms with Crippen LogP contribution in [0.3, 0.4) is 0 Å². The lowest BCUT2D eigenvalue weighted by molar-refractivity contribution is -0.139. The van der Waals surface area contributed by atoms with Gasteiger partial charge in [0, 0.05) is 31.3 Å². The quantitative estimate of drug-likeness (QED) is 0.726. The van der Waals surface area contributed by atoms with Gasteiger partial charge in [-0.15, -0.1) is 0 Å². The smallest absolute Gasteiger partial charge is 0.357 e. The van der Waals surface area contributed by atoms with Gasteiger partial charge in [-0.1, -0.05) is 17.7 Å². The van der Waals surface area contributed by atoms with Gasteiger partial charge in [-0.05, 0) is 25.0 Å². The number of likely N-dealkylation sites (N-methyl/N-ethyl adjacent to an activating group) is 1. The highest BCUT2D eigenvalue weighted by Gasteiger charge is 2.60. The number of rotatable bonds is 2. The maximum atomic E-state index is 12.8. The molecule has 1 aromatic carbocycles. The summed E-state index contributed by atoms with van der Waals surface area (Å²) in [6.07, 6.45) is 1.09. The minimum atomic E-state index is -0.708. The fourth-order valence-electron chi connectivity index (χ4n) is 4.90. The summed E-state index contributed by atoms with van der Waals surface area (Å²) in [5, 5.41) is 0. The Bertz CT molecular complexity index is 977. The number of nitrogens with zero attached hydrogens (tertiary/aromatic N) is 2. The zero-order chi connectivity index (χ0) is 20.2. The molecule has 0 amide bonds. The van der Waals surface area contributed by atoms with E-state index in [1.54, 1.807) is 0 Å². The first-order chi connectivity index (χ1) is 13.3. The Kier molecular flexibility index (Phi) is 4.14. The van der Waals surface area contributed by atoms with E-state index in [2.05, 4.69) is 11.1 Å². The van der Waals surface area contributed by atoms with Crippen LogP contribution in [0.15, 0.2) is 34.5 Å². The van der Waals surface area contributed by atoms with Crippen molar-refractivity contribution >= 4 is 29.1 Å². The maximum absolute atomic E-state index is 12.8. The Morgan fingerprint density at radius 1 is 1.21 bits per heavy atom. The lowest BCUT2D eigenvalue weighted by Gasteiger charge is -2.44. The molecule has 1 fully saturated rings. The molecule has 1 unspecified atom stereocenters. The Morgan fingerprint density at radius 3 is 2.61 bits per heavy atom. The van der Waals surface area contributed by atoms with Gasteiger partial charge < -0.3 is 14.4 Å². The van der Waals surface area contributed by atoms with Gasteiger partial charge in [0.05, 0.1) is 31.2 Å². The number of aryl methyl sites for hydroxylation is 1. The van der Waals surface area contributed by atoms with Crippen molar-refractivity contribution in [3.63, 3.8) is 0 Å². The number of Topliss-reactive ketones (excluding diaryl/α,β-unsaturated/α-hetero) is 1. The van der Waals surface area contributed by atoms with E-state index in [9.17, 15) is 14.4 Å². The molecule has 0 aromatic heterocycles. The molecule has 7 nitrogen and oxygen atoms in total. The largest absolute Gasteiger partial charge is 0.466 e. The van der Waals surface area contributed by atoms with Gasteiger partial charge in [-0.3, -0.25) is 4.79 Å². The molecule has 0 radical (unpaired) electrons. The molecule has 0 saturated heterocycles. The minimum absolute atomic E-state index is 0.0731. The van der Waals surface area contributed by atoms with Gasteiger partial charge >= 0.3 is 11.9 Å².